The maximum absolute atomic E-state index is 12.7. The van der Waals surface area contributed by atoms with Gasteiger partial charge in [-0.25, -0.2) is 8.42 Å². The predicted octanol–water partition coefficient (Wildman–Crippen LogP) is 2.79. The van der Waals surface area contributed by atoms with Crippen LogP contribution in [0, 0.1) is 6.92 Å². The molecule has 0 aliphatic rings. The van der Waals surface area contributed by atoms with Crippen LogP contribution in [0.3, 0.4) is 0 Å². The number of aryl methyl sites for hydroxylation is 1. The monoisotopic (exact) mass is 304 g/mol. The Hall–Kier alpha value is -1.85. The number of rotatable bonds is 5. The van der Waals surface area contributed by atoms with Crippen LogP contribution in [0.25, 0.3) is 0 Å². The SMILES string of the molecule is CCN(Cc1ccc(N)cc1)S(=O)(=O)c1cccc(C)c1. The molecule has 0 saturated heterocycles. The average molecular weight is 304 g/mol. The highest BCUT2D eigenvalue weighted by atomic mass is 32.2. The van der Waals surface area contributed by atoms with Crippen LogP contribution in [0.15, 0.2) is 53.4 Å². The molecule has 0 saturated carbocycles. The second-order valence-corrected chi connectivity index (χ2v) is 6.93. The smallest absolute Gasteiger partial charge is 0.243 e. The molecule has 0 aliphatic heterocycles. The van der Waals surface area contributed by atoms with Gasteiger partial charge in [-0.05, 0) is 42.3 Å². The van der Waals surface area contributed by atoms with Crippen molar-refractivity contribution in [2.75, 3.05) is 12.3 Å². The van der Waals surface area contributed by atoms with Crippen LogP contribution in [0.1, 0.15) is 18.1 Å². The Bertz CT molecular complexity index is 709. The summed E-state index contributed by atoms with van der Waals surface area (Å²) in [6, 6.07) is 14.2. The number of sulfonamides is 1. The van der Waals surface area contributed by atoms with E-state index >= 15 is 0 Å². The summed E-state index contributed by atoms with van der Waals surface area (Å²) in [7, 11) is -3.48. The summed E-state index contributed by atoms with van der Waals surface area (Å²) in [6.07, 6.45) is 0. The zero-order chi connectivity index (χ0) is 15.5. The summed E-state index contributed by atoms with van der Waals surface area (Å²) >= 11 is 0. The largest absolute Gasteiger partial charge is 0.399 e. The number of anilines is 1. The fourth-order valence-corrected chi connectivity index (χ4v) is 3.66. The number of nitrogens with two attached hydrogens (primary N) is 1. The van der Waals surface area contributed by atoms with Gasteiger partial charge in [0.25, 0.3) is 0 Å². The number of nitrogens with zero attached hydrogens (tertiary/aromatic N) is 1. The maximum atomic E-state index is 12.7. The van der Waals surface area contributed by atoms with Crippen LogP contribution in [-0.4, -0.2) is 19.3 Å². The molecule has 2 aromatic carbocycles. The van der Waals surface area contributed by atoms with Gasteiger partial charge in [0, 0.05) is 18.8 Å². The molecule has 0 aromatic heterocycles. The standard InChI is InChI=1S/C16H20N2O2S/c1-3-18(12-14-7-9-15(17)10-8-14)21(19,20)16-6-4-5-13(2)11-16/h4-11H,3,12,17H2,1-2H3. The Morgan fingerprint density at radius 1 is 1.10 bits per heavy atom. The Morgan fingerprint density at radius 3 is 2.33 bits per heavy atom. The highest BCUT2D eigenvalue weighted by molar-refractivity contribution is 7.89. The molecule has 0 amide bonds. The van der Waals surface area contributed by atoms with Gasteiger partial charge in [-0.3, -0.25) is 0 Å². The second-order valence-electron chi connectivity index (χ2n) is 4.99. The lowest BCUT2D eigenvalue weighted by Gasteiger charge is -2.21. The number of benzene rings is 2. The molecule has 0 heterocycles. The van der Waals surface area contributed by atoms with E-state index in [1.54, 1.807) is 30.3 Å². The first-order chi connectivity index (χ1) is 9.93. The van der Waals surface area contributed by atoms with E-state index in [4.69, 9.17) is 5.73 Å². The molecular formula is C16H20N2O2S. The Kier molecular flexibility index (Phi) is 4.65. The van der Waals surface area contributed by atoms with Gasteiger partial charge in [0.2, 0.25) is 10.0 Å². The summed E-state index contributed by atoms with van der Waals surface area (Å²) in [5.74, 6) is 0. The Balaban J connectivity index is 2.29. The van der Waals surface area contributed by atoms with Gasteiger partial charge >= 0.3 is 0 Å². The molecule has 0 atom stereocenters. The van der Waals surface area contributed by atoms with Crippen molar-refractivity contribution >= 4 is 15.7 Å². The lowest BCUT2D eigenvalue weighted by molar-refractivity contribution is 0.423. The molecule has 2 rings (SSSR count). The summed E-state index contributed by atoms with van der Waals surface area (Å²) < 4.78 is 26.8. The fraction of sp³-hybridized carbons (Fsp3) is 0.250. The molecule has 0 fully saturated rings. The van der Waals surface area contributed by atoms with Crippen molar-refractivity contribution in [3.8, 4) is 0 Å². The second kappa shape index (κ2) is 6.28. The van der Waals surface area contributed by atoms with Gasteiger partial charge in [-0.1, -0.05) is 31.2 Å². The van der Waals surface area contributed by atoms with Gasteiger partial charge in [-0.2, -0.15) is 4.31 Å². The zero-order valence-electron chi connectivity index (χ0n) is 12.3. The Morgan fingerprint density at radius 2 is 1.76 bits per heavy atom. The molecule has 5 heteroatoms. The van der Waals surface area contributed by atoms with E-state index in [1.165, 1.54) is 4.31 Å². The highest BCUT2D eigenvalue weighted by Gasteiger charge is 2.23. The van der Waals surface area contributed by atoms with Crippen molar-refractivity contribution in [1.82, 2.24) is 4.31 Å². The average Bonchev–Trinajstić information content (AvgIpc) is 2.46. The van der Waals surface area contributed by atoms with Crippen molar-refractivity contribution in [1.29, 1.82) is 0 Å². The first-order valence-corrected chi connectivity index (χ1v) is 8.28. The van der Waals surface area contributed by atoms with Gasteiger partial charge in [-0.15, -0.1) is 0 Å². The summed E-state index contributed by atoms with van der Waals surface area (Å²) in [5, 5.41) is 0. The third-order valence-electron chi connectivity index (χ3n) is 3.32. The molecule has 0 bridgehead atoms. The van der Waals surface area contributed by atoms with Crippen molar-refractivity contribution in [2.24, 2.45) is 0 Å². The molecule has 0 radical (unpaired) electrons. The van der Waals surface area contributed by atoms with Gasteiger partial charge in [0.15, 0.2) is 0 Å². The third kappa shape index (κ3) is 3.62. The van der Waals surface area contributed by atoms with E-state index in [-0.39, 0.29) is 0 Å². The lowest BCUT2D eigenvalue weighted by atomic mass is 10.2. The fourth-order valence-electron chi connectivity index (χ4n) is 2.12. The molecule has 112 valence electrons. The molecule has 2 aromatic rings. The van der Waals surface area contributed by atoms with Crippen molar-refractivity contribution in [3.05, 3.63) is 59.7 Å². The maximum Gasteiger partial charge on any atom is 0.243 e. The van der Waals surface area contributed by atoms with Crippen LogP contribution >= 0.6 is 0 Å². The summed E-state index contributed by atoms with van der Waals surface area (Å²) in [4.78, 5) is 0.333. The molecule has 0 aliphatic carbocycles. The van der Waals surface area contributed by atoms with Crippen LogP contribution in [0.2, 0.25) is 0 Å². The first-order valence-electron chi connectivity index (χ1n) is 6.84. The molecule has 21 heavy (non-hydrogen) atoms. The first kappa shape index (κ1) is 15.5. The van der Waals surface area contributed by atoms with Gasteiger partial charge in [0.05, 0.1) is 4.90 Å². The predicted molar refractivity (Wildman–Crippen MR) is 85.3 cm³/mol. The number of hydrogen-bond acceptors (Lipinski definition) is 3. The van der Waals surface area contributed by atoms with Gasteiger partial charge in [0.1, 0.15) is 0 Å². The van der Waals surface area contributed by atoms with E-state index in [1.807, 2.05) is 32.0 Å². The highest BCUT2D eigenvalue weighted by Crippen LogP contribution is 2.19. The van der Waals surface area contributed by atoms with E-state index < -0.39 is 10.0 Å². The Labute approximate surface area is 126 Å². The number of nitrogen functional groups attached to an aromatic ring is 1. The van der Waals surface area contributed by atoms with Crippen LogP contribution in [0.5, 0.6) is 0 Å². The van der Waals surface area contributed by atoms with Crippen LogP contribution in [-0.2, 0) is 16.6 Å². The van der Waals surface area contributed by atoms with Crippen LogP contribution in [0.4, 0.5) is 5.69 Å². The third-order valence-corrected chi connectivity index (χ3v) is 5.24. The van der Waals surface area contributed by atoms with Crippen LogP contribution < -0.4 is 5.73 Å². The topological polar surface area (TPSA) is 63.4 Å². The minimum Gasteiger partial charge on any atom is -0.399 e. The molecule has 2 N–H and O–H groups in total. The van der Waals surface area contributed by atoms with E-state index in [2.05, 4.69) is 0 Å². The van der Waals surface area contributed by atoms with Crippen molar-refractivity contribution in [2.45, 2.75) is 25.3 Å². The van der Waals surface area contributed by atoms with Gasteiger partial charge < -0.3 is 5.73 Å². The van der Waals surface area contributed by atoms with Crippen molar-refractivity contribution in [3.63, 3.8) is 0 Å². The lowest BCUT2D eigenvalue weighted by Crippen LogP contribution is -2.30. The quantitative estimate of drug-likeness (QED) is 0.864. The normalized spacial score (nSPS) is 11.8. The minimum absolute atomic E-state index is 0.333. The van der Waals surface area contributed by atoms with E-state index in [0.29, 0.717) is 23.7 Å². The van der Waals surface area contributed by atoms with Crippen molar-refractivity contribution < 1.29 is 8.42 Å². The molecule has 0 spiro atoms. The number of hydrogen-bond donors (Lipinski definition) is 1. The van der Waals surface area contributed by atoms with E-state index in [0.717, 1.165) is 11.1 Å². The molecule has 0 unspecified atom stereocenters. The molecular weight excluding hydrogens is 284 g/mol. The zero-order valence-corrected chi connectivity index (χ0v) is 13.1. The summed E-state index contributed by atoms with van der Waals surface area (Å²) in [6.45, 7) is 4.48. The summed E-state index contributed by atoms with van der Waals surface area (Å²) in [5.41, 5.74) is 8.17. The minimum atomic E-state index is -3.48. The van der Waals surface area contributed by atoms with E-state index in [9.17, 15) is 8.42 Å². The molecule has 4 nitrogen and oxygen atoms in total.